The van der Waals surface area contributed by atoms with Crippen molar-refractivity contribution in [3.8, 4) is 5.75 Å². The Morgan fingerprint density at radius 2 is 1.83 bits per heavy atom. The fourth-order valence-corrected chi connectivity index (χ4v) is 3.57. The van der Waals surface area contributed by atoms with Gasteiger partial charge in [-0.25, -0.2) is 12.7 Å². The molecule has 0 aromatic heterocycles. The van der Waals surface area contributed by atoms with E-state index in [1.807, 2.05) is 18.2 Å². The van der Waals surface area contributed by atoms with Gasteiger partial charge in [-0.2, -0.15) is 0 Å². The molecule has 2 aromatic carbocycles. The van der Waals surface area contributed by atoms with E-state index in [1.165, 1.54) is 39.4 Å². The van der Waals surface area contributed by atoms with Gasteiger partial charge < -0.3 is 10.1 Å². The summed E-state index contributed by atoms with van der Waals surface area (Å²) in [5.41, 5.74) is 0.895. The lowest BCUT2D eigenvalue weighted by molar-refractivity contribution is 0.102. The number of anilines is 1. The highest BCUT2D eigenvalue weighted by Gasteiger charge is 2.24. The maximum Gasteiger partial charge on any atom is 0.255 e. The van der Waals surface area contributed by atoms with Crippen molar-refractivity contribution in [2.45, 2.75) is 4.90 Å². The first kappa shape index (κ1) is 18.7. The molecule has 0 saturated heterocycles. The standard InChI is InChI=1S/C16H17IN2O4S/c1-19(2)24(21,22)15-10-11(8-9-14(15)23-3)16(20)18-13-7-5-4-6-12(13)17/h4-10H,1-3H3,(H,18,20). The topological polar surface area (TPSA) is 75.7 Å². The molecular formula is C16H17IN2O4S. The van der Waals surface area contributed by atoms with Gasteiger partial charge >= 0.3 is 0 Å². The van der Waals surface area contributed by atoms with E-state index in [-0.39, 0.29) is 16.2 Å². The van der Waals surface area contributed by atoms with E-state index < -0.39 is 15.9 Å². The number of methoxy groups -OCH3 is 1. The first-order chi connectivity index (χ1) is 11.3. The van der Waals surface area contributed by atoms with Gasteiger partial charge in [-0.3, -0.25) is 4.79 Å². The average molecular weight is 460 g/mol. The highest BCUT2D eigenvalue weighted by atomic mass is 127. The second-order valence-electron chi connectivity index (χ2n) is 5.09. The maximum atomic E-state index is 12.5. The predicted octanol–water partition coefficient (Wildman–Crippen LogP) is 2.80. The number of sulfonamides is 1. The zero-order valence-corrected chi connectivity index (χ0v) is 16.4. The van der Waals surface area contributed by atoms with Crippen LogP contribution in [-0.4, -0.2) is 39.8 Å². The minimum Gasteiger partial charge on any atom is -0.495 e. The molecule has 0 aliphatic heterocycles. The second kappa shape index (κ2) is 7.49. The Bertz CT molecular complexity index is 866. The third kappa shape index (κ3) is 3.87. The van der Waals surface area contributed by atoms with Crippen LogP contribution < -0.4 is 10.1 Å². The fourth-order valence-electron chi connectivity index (χ4n) is 1.97. The largest absolute Gasteiger partial charge is 0.495 e. The van der Waals surface area contributed by atoms with Gasteiger partial charge in [0, 0.05) is 23.2 Å². The van der Waals surface area contributed by atoms with Crippen LogP contribution in [0.2, 0.25) is 0 Å². The lowest BCUT2D eigenvalue weighted by atomic mass is 10.2. The van der Waals surface area contributed by atoms with E-state index in [9.17, 15) is 13.2 Å². The van der Waals surface area contributed by atoms with E-state index >= 15 is 0 Å². The first-order valence-electron chi connectivity index (χ1n) is 6.94. The zero-order valence-electron chi connectivity index (χ0n) is 13.4. The van der Waals surface area contributed by atoms with Crippen LogP contribution in [0.4, 0.5) is 5.69 Å². The molecule has 2 aromatic rings. The summed E-state index contributed by atoms with van der Waals surface area (Å²) in [7, 11) is 0.504. The molecule has 6 nitrogen and oxygen atoms in total. The molecule has 1 amide bonds. The van der Waals surface area contributed by atoms with Gasteiger partial charge in [0.25, 0.3) is 5.91 Å². The number of rotatable bonds is 5. The molecule has 0 atom stereocenters. The Morgan fingerprint density at radius 3 is 2.42 bits per heavy atom. The third-order valence-corrected chi connectivity index (χ3v) is 6.08. The number of hydrogen-bond acceptors (Lipinski definition) is 4. The maximum absolute atomic E-state index is 12.5. The minimum atomic E-state index is -3.73. The van der Waals surface area contributed by atoms with Crippen LogP contribution in [0.15, 0.2) is 47.4 Å². The van der Waals surface area contributed by atoms with E-state index in [0.29, 0.717) is 5.69 Å². The van der Waals surface area contributed by atoms with Crippen LogP contribution in [0, 0.1) is 3.57 Å². The summed E-state index contributed by atoms with van der Waals surface area (Å²) in [6.07, 6.45) is 0. The summed E-state index contributed by atoms with van der Waals surface area (Å²) in [5, 5.41) is 2.78. The van der Waals surface area contributed by atoms with Crippen LogP contribution in [0.5, 0.6) is 5.75 Å². The van der Waals surface area contributed by atoms with Crippen molar-refractivity contribution in [2.75, 3.05) is 26.5 Å². The lowest BCUT2D eigenvalue weighted by Crippen LogP contribution is -2.23. The van der Waals surface area contributed by atoms with Crippen LogP contribution >= 0.6 is 22.6 Å². The number of amides is 1. The van der Waals surface area contributed by atoms with Gasteiger partial charge in [0.1, 0.15) is 10.6 Å². The summed E-state index contributed by atoms with van der Waals surface area (Å²) < 4.78 is 31.9. The second-order valence-corrected chi connectivity index (χ2v) is 8.37. The Hall–Kier alpha value is -1.65. The van der Waals surface area contributed by atoms with Crippen molar-refractivity contribution >= 4 is 44.2 Å². The number of benzene rings is 2. The monoisotopic (exact) mass is 460 g/mol. The molecule has 0 spiro atoms. The lowest BCUT2D eigenvalue weighted by Gasteiger charge is -2.15. The van der Waals surface area contributed by atoms with Crippen LogP contribution in [0.25, 0.3) is 0 Å². The van der Waals surface area contributed by atoms with Gasteiger partial charge in [-0.05, 0) is 52.9 Å². The Labute approximate surface area is 155 Å². The highest BCUT2D eigenvalue weighted by Crippen LogP contribution is 2.27. The van der Waals surface area contributed by atoms with Crippen molar-refractivity contribution in [1.82, 2.24) is 4.31 Å². The molecule has 0 aliphatic carbocycles. The molecule has 0 unspecified atom stereocenters. The SMILES string of the molecule is COc1ccc(C(=O)Nc2ccccc2I)cc1S(=O)(=O)N(C)C. The smallest absolute Gasteiger partial charge is 0.255 e. The molecule has 0 heterocycles. The van der Waals surface area contributed by atoms with Crippen LogP contribution in [-0.2, 0) is 10.0 Å². The number of ether oxygens (including phenoxy) is 1. The summed E-state index contributed by atoms with van der Waals surface area (Å²) in [4.78, 5) is 12.4. The number of halogens is 1. The molecule has 24 heavy (non-hydrogen) atoms. The highest BCUT2D eigenvalue weighted by molar-refractivity contribution is 14.1. The Morgan fingerprint density at radius 1 is 1.17 bits per heavy atom. The molecule has 8 heteroatoms. The Kier molecular flexibility index (Phi) is 5.83. The number of hydrogen-bond donors (Lipinski definition) is 1. The van der Waals surface area contributed by atoms with Crippen molar-refractivity contribution in [3.63, 3.8) is 0 Å². The molecule has 0 fully saturated rings. The van der Waals surface area contributed by atoms with Crippen LogP contribution in [0.1, 0.15) is 10.4 Å². The number of carbonyl (C=O) groups excluding carboxylic acids is 1. The van der Waals surface area contributed by atoms with E-state index in [2.05, 4.69) is 27.9 Å². The zero-order chi connectivity index (χ0) is 17.9. The molecule has 1 N–H and O–H groups in total. The van der Waals surface area contributed by atoms with Crippen molar-refractivity contribution < 1.29 is 17.9 Å². The predicted molar refractivity (Wildman–Crippen MR) is 101 cm³/mol. The summed E-state index contributed by atoms with van der Waals surface area (Å²) in [5.74, 6) is -0.202. The number of para-hydroxylation sites is 1. The molecule has 2 rings (SSSR count). The molecule has 128 valence electrons. The molecular weight excluding hydrogens is 443 g/mol. The average Bonchev–Trinajstić information content (AvgIpc) is 2.56. The van der Waals surface area contributed by atoms with Crippen LogP contribution in [0.3, 0.4) is 0 Å². The number of nitrogens with one attached hydrogen (secondary N) is 1. The first-order valence-corrected chi connectivity index (χ1v) is 9.45. The number of nitrogens with zero attached hydrogens (tertiary/aromatic N) is 1. The molecule has 0 radical (unpaired) electrons. The fraction of sp³-hybridized carbons (Fsp3) is 0.188. The van der Waals surface area contributed by atoms with Gasteiger partial charge in [0.15, 0.2) is 0 Å². The Balaban J connectivity index is 2.42. The van der Waals surface area contributed by atoms with E-state index in [1.54, 1.807) is 6.07 Å². The van der Waals surface area contributed by atoms with Crippen molar-refractivity contribution in [1.29, 1.82) is 0 Å². The van der Waals surface area contributed by atoms with Gasteiger partial charge in [-0.1, -0.05) is 12.1 Å². The summed E-state index contributed by atoms with van der Waals surface area (Å²) >= 11 is 2.12. The summed E-state index contributed by atoms with van der Waals surface area (Å²) in [6.45, 7) is 0. The quantitative estimate of drug-likeness (QED) is 0.697. The minimum absolute atomic E-state index is 0.0505. The van der Waals surface area contributed by atoms with Gasteiger partial charge in [0.2, 0.25) is 10.0 Å². The number of carbonyl (C=O) groups is 1. The summed E-state index contributed by atoms with van der Waals surface area (Å²) in [6, 6.07) is 11.6. The van der Waals surface area contributed by atoms with Gasteiger partial charge in [0.05, 0.1) is 12.8 Å². The van der Waals surface area contributed by atoms with E-state index in [4.69, 9.17) is 4.74 Å². The molecule has 0 bridgehead atoms. The van der Waals surface area contributed by atoms with Crippen molar-refractivity contribution in [3.05, 3.63) is 51.6 Å². The molecule has 0 saturated carbocycles. The van der Waals surface area contributed by atoms with Crippen molar-refractivity contribution in [2.24, 2.45) is 0 Å². The third-order valence-electron chi connectivity index (χ3n) is 3.31. The van der Waals surface area contributed by atoms with E-state index in [0.717, 1.165) is 7.88 Å². The van der Waals surface area contributed by atoms with Gasteiger partial charge in [-0.15, -0.1) is 0 Å². The molecule has 0 aliphatic rings. The normalized spacial score (nSPS) is 11.4.